The molecule has 0 bridgehead atoms. The van der Waals surface area contributed by atoms with Crippen molar-refractivity contribution in [3.63, 3.8) is 0 Å². The van der Waals surface area contributed by atoms with Gasteiger partial charge in [-0.15, -0.1) is 0 Å². The number of amides is 2. The van der Waals surface area contributed by atoms with Gasteiger partial charge >= 0.3 is 0 Å². The SMILES string of the molecule is CCCC(C)NC(=O)C1[C@H](O)[C@@H](O)CN1C(=O)c1cccc(N(C)C)c1. The maximum atomic E-state index is 12.9. The number of rotatable bonds is 6. The van der Waals surface area contributed by atoms with Crippen molar-refractivity contribution in [2.24, 2.45) is 0 Å². The number of β-amino-alcohol motifs (C(OH)–C–C–N with tert-alkyl or cyclic N) is 1. The largest absolute Gasteiger partial charge is 0.388 e. The van der Waals surface area contributed by atoms with Crippen LogP contribution >= 0.6 is 0 Å². The Labute approximate surface area is 154 Å². The Balaban J connectivity index is 2.23. The maximum absolute atomic E-state index is 12.9. The lowest BCUT2D eigenvalue weighted by Gasteiger charge is -2.27. The smallest absolute Gasteiger partial charge is 0.254 e. The third-order valence-electron chi connectivity index (χ3n) is 4.69. The number of carbonyl (C=O) groups is 2. The van der Waals surface area contributed by atoms with Crippen molar-refractivity contribution in [2.75, 3.05) is 25.5 Å². The zero-order chi connectivity index (χ0) is 19.4. The fraction of sp³-hybridized carbons (Fsp3) is 0.579. The molecule has 2 rings (SSSR count). The first kappa shape index (κ1) is 20.2. The van der Waals surface area contributed by atoms with E-state index in [1.165, 1.54) is 4.90 Å². The van der Waals surface area contributed by atoms with Gasteiger partial charge in [-0.05, 0) is 31.5 Å². The zero-order valence-corrected chi connectivity index (χ0v) is 15.8. The minimum Gasteiger partial charge on any atom is -0.388 e. The summed E-state index contributed by atoms with van der Waals surface area (Å²) < 4.78 is 0. The number of aliphatic hydroxyl groups is 2. The summed E-state index contributed by atoms with van der Waals surface area (Å²) in [6.07, 6.45) is -0.731. The normalized spacial score (nSPS) is 23.6. The molecule has 7 nitrogen and oxygen atoms in total. The molecule has 2 amide bonds. The van der Waals surface area contributed by atoms with E-state index >= 15 is 0 Å². The number of hydrogen-bond donors (Lipinski definition) is 3. The minimum atomic E-state index is -1.30. The highest BCUT2D eigenvalue weighted by atomic mass is 16.3. The predicted octanol–water partition coefficient (Wildman–Crippen LogP) is 0.604. The number of nitrogens with one attached hydrogen (secondary N) is 1. The number of benzene rings is 1. The molecule has 0 saturated carbocycles. The Bertz CT molecular complexity index is 649. The number of hydrogen-bond acceptors (Lipinski definition) is 5. The van der Waals surface area contributed by atoms with Gasteiger partial charge in [-0.25, -0.2) is 0 Å². The highest BCUT2D eigenvalue weighted by molar-refractivity contribution is 5.99. The average molecular weight is 363 g/mol. The molecule has 0 radical (unpaired) electrons. The van der Waals surface area contributed by atoms with E-state index < -0.39 is 24.2 Å². The lowest BCUT2D eigenvalue weighted by Crippen LogP contribution is -2.52. The predicted molar refractivity (Wildman–Crippen MR) is 100 cm³/mol. The molecule has 4 atom stereocenters. The van der Waals surface area contributed by atoms with E-state index in [0.29, 0.717) is 5.56 Å². The molecule has 1 aromatic rings. The van der Waals surface area contributed by atoms with Crippen LogP contribution in [-0.4, -0.2) is 71.9 Å². The highest BCUT2D eigenvalue weighted by Gasteiger charge is 2.46. The van der Waals surface area contributed by atoms with Gasteiger partial charge < -0.3 is 25.3 Å². The van der Waals surface area contributed by atoms with Crippen LogP contribution in [0.25, 0.3) is 0 Å². The van der Waals surface area contributed by atoms with Gasteiger partial charge in [0.15, 0.2) is 0 Å². The molecule has 1 saturated heterocycles. The zero-order valence-electron chi connectivity index (χ0n) is 15.8. The quantitative estimate of drug-likeness (QED) is 0.688. The Hall–Kier alpha value is -2.12. The second-order valence-electron chi connectivity index (χ2n) is 7.10. The average Bonchev–Trinajstić information content (AvgIpc) is 2.89. The third-order valence-corrected chi connectivity index (χ3v) is 4.69. The van der Waals surface area contributed by atoms with Crippen molar-refractivity contribution in [2.45, 2.75) is 51.0 Å². The molecule has 1 fully saturated rings. The summed E-state index contributed by atoms with van der Waals surface area (Å²) in [5, 5.41) is 23.1. The molecule has 0 aliphatic carbocycles. The summed E-state index contributed by atoms with van der Waals surface area (Å²) in [4.78, 5) is 28.7. The summed E-state index contributed by atoms with van der Waals surface area (Å²) in [6, 6.07) is 5.88. The van der Waals surface area contributed by atoms with E-state index in [9.17, 15) is 19.8 Å². The number of carbonyl (C=O) groups excluding carboxylic acids is 2. The monoisotopic (exact) mass is 363 g/mol. The first-order valence-corrected chi connectivity index (χ1v) is 9.01. The van der Waals surface area contributed by atoms with Crippen molar-refractivity contribution in [1.29, 1.82) is 0 Å². The van der Waals surface area contributed by atoms with E-state index in [1.54, 1.807) is 18.2 Å². The van der Waals surface area contributed by atoms with Crippen LogP contribution in [0, 0.1) is 0 Å². The minimum absolute atomic E-state index is 0.0635. The topological polar surface area (TPSA) is 93.1 Å². The van der Waals surface area contributed by atoms with Gasteiger partial charge in [-0.1, -0.05) is 19.4 Å². The van der Waals surface area contributed by atoms with Crippen LogP contribution in [-0.2, 0) is 4.79 Å². The van der Waals surface area contributed by atoms with Crippen LogP contribution in [0.15, 0.2) is 24.3 Å². The van der Waals surface area contributed by atoms with Crippen molar-refractivity contribution >= 4 is 17.5 Å². The molecule has 1 aliphatic rings. The van der Waals surface area contributed by atoms with Gasteiger partial charge in [-0.2, -0.15) is 0 Å². The molecule has 7 heteroatoms. The molecular weight excluding hydrogens is 334 g/mol. The number of anilines is 1. The molecule has 26 heavy (non-hydrogen) atoms. The Morgan fingerprint density at radius 1 is 1.35 bits per heavy atom. The van der Waals surface area contributed by atoms with Gasteiger partial charge in [0.25, 0.3) is 5.91 Å². The standard InChI is InChI=1S/C19H29N3O4/c1-5-7-12(2)20-18(25)16-17(24)15(23)11-22(16)19(26)13-8-6-9-14(10-13)21(3)4/h6,8-10,12,15-17,23-24H,5,7,11H2,1-4H3,(H,20,25)/t12?,15-,16?,17+/m0/s1. The van der Waals surface area contributed by atoms with Crippen LogP contribution < -0.4 is 10.2 Å². The third kappa shape index (κ3) is 4.34. The van der Waals surface area contributed by atoms with Crippen LogP contribution in [0.4, 0.5) is 5.69 Å². The van der Waals surface area contributed by atoms with E-state index in [2.05, 4.69) is 5.32 Å². The van der Waals surface area contributed by atoms with E-state index in [4.69, 9.17) is 0 Å². The van der Waals surface area contributed by atoms with Crippen molar-refractivity contribution in [3.05, 3.63) is 29.8 Å². The van der Waals surface area contributed by atoms with Gasteiger partial charge in [0.2, 0.25) is 5.91 Å². The number of likely N-dealkylation sites (tertiary alicyclic amines) is 1. The van der Waals surface area contributed by atoms with Gasteiger partial charge in [0, 0.05) is 31.4 Å². The first-order chi connectivity index (χ1) is 12.3. The molecule has 1 heterocycles. The van der Waals surface area contributed by atoms with Gasteiger partial charge in [-0.3, -0.25) is 9.59 Å². The lowest BCUT2D eigenvalue weighted by molar-refractivity contribution is -0.128. The summed E-state index contributed by atoms with van der Waals surface area (Å²) in [7, 11) is 3.75. The van der Waals surface area contributed by atoms with Crippen LogP contribution in [0.1, 0.15) is 37.0 Å². The van der Waals surface area contributed by atoms with Crippen molar-refractivity contribution < 1.29 is 19.8 Å². The molecule has 1 aliphatic heterocycles. The van der Waals surface area contributed by atoms with Gasteiger partial charge in [0.1, 0.15) is 18.2 Å². The summed E-state index contributed by atoms with van der Waals surface area (Å²) in [5.74, 6) is -0.820. The Morgan fingerprint density at radius 2 is 2.04 bits per heavy atom. The molecular formula is C19H29N3O4. The number of nitrogens with zero attached hydrogens (tertiary/aromatic N) is 2. The second-order valence-corrected chi connectivity index (χ2v) is 7.10. The molecule has 0 spiro atoms. The molecule has 0 aromatic heterocycles. The highest BCUT2D eigenvalue weighted by Crippen LogP contribution is 2.23. The van der Waals surface area contributed by atoms with Gasteiger partial charge in [0.05, 0.1) is 6.54 Å². The molecule has 2 unspecified atom stereocenters. The molecule has 144 valence electrons. The van der Waals surface area contributed by atoms with Crippen molar-refractivity contribution in [1.82, 2.24) is 10.2 Å². The lowest BCUT2D eigenvalue weighted by atomic mass is 10.1. The van der Waals surface area contributed by atoms with E-state index in [0.717, 1.165) is 18.5 Å². The van der Waals surface area contributed by atoms with Crippen molar-refractivity contribution in [3.8, 4) is 0 Å². The maximum Gasteiger partial charge on any atom is 0.254 e. The summed E-state index contributed by atoms with van der Waals surface area (Å²) in [5.41, 5.74) is 1.27. The molecule has 3 N–H and O–H groups in total. The summed E-state index contributed by atoms with van der Waals surface area (Å²) in [6.45, 7) is 3.82. The van der Waals surface area contributed by atoms with Crippen LogP contribution in [0.5, 0.6) is 0 Å². The second kappa shape index (κ2) is 8.51. The molecule has 1 aromatic carbocycles. The van der Waals surface area contributed by atoms with Crippen LogP contribution in [0.2, 0.25) is 0 Å². The van der Waals surface area contributed by atoms with E-state index in [-0.39, 0.29) is 18.5 Å². The number of aliphatic hydroxyl groups excluding tert-OH is 2. The van der Waals surface area contributed by atoms with E-state index in [1.807, 2.05) is 38.9 Å². The fourth-order valence-electron chi connectivity index (χ4n) is 3.24. The fourth-order valence-corrected chi connectivity index (χ4v) is 3.24. The summed E-state index contributed by atoms with van der Waals surface area (Å²) >= 11 is 0. The Morgan fingerprint density at radius 3 is 2.65 bits per heavy atom. The first-order valence-electron chi connectivity index (χ1n) is 9.01. The van der Waals surface area contributed by atoms with Crippen LogP contribution in [0.3, 0.4) is 0 Å². The Kier molecular flexibility index (Phi) is 6.61.